The summed E-state index contributed by atoms with van der Waals surface area (Å²) in [5, 5.41) is 1.02. The Bertz CT molecular complexity index is 719. The molecule has 1 fully saturated rings. The van der Waals surface area contributed by atoms with Gasteiger partial charge in [0.15, 0.2) is 6.29 Å². The van der Waals surface area contributed by atoms with Crippen LogP contribution in [0.3, 0.4) is 0 Å². The number of ether oxygens (including phenoxy) is 1. The van der Waals surface area contributed by atoms with Crippen LogP contribution in [0.25, 0.3) is 11.3 Å². The maximum Gasteiger partial charge on any atom is 0.153 e. The first-order valence-corrected chi connectivity index (χ1v) is 8.59. The summed E-state index contributed by atoms with van der Waals surface area (Å²) in [6.45, 7) is 9.59. The summed E-state index contributed by atoms with van der Waals surface area (Å²) in [6.07, 6.45) is 2.95. The lowest BCUT2D eigenvalue weighted by atomic mass is 10.1. The summed E-state index contributed by atoms with van der Waals surface area (Å²) in [7, 11) is 0. The minimum absolute atomic E-state index is 0.128. The first kappa shape index (κ1) is 16.1. The van der Waals surface area contributed by atoms with Gasteiger partial charge >= 0.3 is 0 Å². The summed E-state index contributed by atoms with van der Waals surface area (Å²) >= 11 is 1.66. The van der Waals surface area contributed by atoms with Gasteiger partial charge in [-0.05, 0) is 33.8 Å². The molecule has 6 heteroatoms. The molecule has 122 valence electrons. The normalized spacial score (nSPS) is 21.5. The minimum Gasteiger partial charge on any atom is -0.372 e. The number of carbonyl (C=O) groups is 1. The molecule has 0 aliphatic carbocycles. The first-order chi connectivity index (χ1) is 11.0. The van der Waals surface area contributed by atoms with Gasteiger partial charge in [-0.1, -0.05) is 0 Å². The van der Waals surface area contributed by atoms with Crippen molar-refractivity contribution < 1.29 is 9.53 Å². The van der Waals surface area contributed by atoms with E-state index in [2.05, 4.69) is 14.9 Å². The Balaban J connectivity index is 1.97. The fourth-order valence-electron chi connectivity index (χ4n) is 3.10. The number of thiazole rings is 1. The number of hydrogen-bond acceptors (Lipinski definition) is 6. The number of carbonyl (C=O) groups excluding carboxylic acids is 1. The van der Waals surface area contributed by atoms with Crippen LogP contribution >= 0.6 is 11.3 Å². The predicted octanol–water partition coefficient (Wildman–Crippen LogP) is 3.25. The van der Waals surface area contributed by atoms with Crippen LogP contribution in [0.5, 0.6) is 0 Å². The van der Waals surface area contributed by atoms with E-state index in [4.69, 9.17) is 4.74 Å². The SMILES string of the molecule is Cc1nc(-c2cnc(N3CC(C)OC(C)C3)c(C=O)c2)c(C)s1. The Morgan fingerprint density at radius 3 is 2.57 bits per heavy atom. The summed E-state index contributed by atoms with van der Waals surface area (Å²) < 4.78 is 5.76. The van der Waals surface area contributed by atoms with Crippen LogP contribution in [0, 0.1) is 13.8 Å². The third-order valence-corrected chi connectivity index (χ3v) is 4.80. The van der Waals surface area contributed by atoms with Gasteiger partial charge in [-0.2, -0.15) is 0 Å². The van der Waals surface area contributed by atoms with Gasteiger partial charge in [-0.3, -0.25) is 4.79 Å². The molecule has 5 nitrogen and oxygen atoms in total. The molecule has 3 rings (SSSR count). The van der Waals surface area contributed by atoms with E-state index in [9.17, 15) is 4.79 Å². The Kier molecular flexibility index (Phi) is 4.46. The third kappa shape index (κ3) is 3.28. The zero-order chi connectivity index (χ0) is 16.6. The highest BCUT2D eigenvalue weighted by Crippen LogP contribution is 2.30. The van der Waals surface area contributed by atoms with Gasteiger partial charge < -0.3 is 9.64 Å². The van der Waals surface area contributed by atoms with Crippen molar-refractivity contribution in [3.05, 3.63) is 27.7 Å². The maximum atomic E-state index is 11.6. The van der Waals surface area contributed by atoms with E-state index in [0.29, 0.717) is 5.56 Å². The van der Waals surface area contributed by atoms with Crippen LogP contribution in [0.15, 0.2) is 12.3 Å². The Morgan fingerprint density at radius 1 is 1.30 bits per heavy atom. The van der Waals surface area contributed by atoms with E-state index in [-0.39, 0.29) is 12.2 Å². The Labute approximate surface area is 140 Å². The highest BCUT2D eigenvalue weighted by Gasteiger charge is 2.25. The summed E-state index contributed by atoms with van der Waals surface area (Å²) in [4.78, 5) is 24.0. The van der Waals surface area contributed by atoms with Gasteiger partial charge in [0.25, 0.3) is 0 Å². The quantitative estimate of drug-likeness (QED) is 0.808. The fraction of sp³-hybridized carbons (Fsp3) is 0.471. The molecule has 2 atom stereocenters. The zero-order valence-electron chi connectivity index (χ0n) is 13.9. The molecule has 1 saturated heterocycles. The highest BCUT2D eigenvalue weighted by molar-refractivity contribution is 7.11. The van der Waals surface area contributed by atoms with E-state index in [1.54, 1.807) is 11.3 Å². The molecule has 0 radical (unpaired) electrons. The van der Waals surface area contributed by atoms with Crippen LogP contribution < -0.4 is 4.90 Å². The average Bonchev–Trinajstić information content (AvgIpc) is 2.84. The largest absolute Gasteiger partial charge is 0.372 e. The summed E-state index contributed by atoms with van der Waals surface area (Å²) in [5.41, 5.74) is 2.42. The molecule has 0 saturated carbocycles. The highest BCUT2D eigenvalue weighted by atomic mass is 32.1. The van der Waals surface area contributed by atoms with Crippen LogP contribution in [-0.4, -0.2) is 41.6 Å². The molecule has 0 bridgehead atoms. The van der Waals surface area contributed by atoms with Gasteiger partial charge in [0.05, 0.1) is 28.5 Å². The van der Waals surface area contributed by atoms with Crippen molar-refractivity contribution in [2.75, 3.05) is 18.0 Å². The second-order valence-corrected chi connectivity index (χ2v) is 7.46. The standard InChI is InChI=1S/C17H21N3O2S/c1-10-7-20(8-11(2)22-10)17-15(9-21)5-14(6-18-17)16-12(3)23-13(4)19-16/h5-6,9-11H,7-8H2,1-4H3. The molecule has 2 aromatic rings. The van der Waals surface area contributed by atoms with E-state index in [1.165, 1.54) is 0 Å². The lowest BCUT2D eigenvalue weighted by Gasteiger charge is -2.36. The first-order valence-electron chi connectivity index (χ1n) is 7.78. The molecule has 1 aliphatic rings. The smallest absolute Gasteiger partial charge is 0.153 e. The lowest BCUT2D eigenvalue weighted by molar-refractivity contribution is -0.00549. The molecule has 2 aromatic heterocycles. The van der Waals surface area contributed by atoms with Crippen molar-refractivity contribution in [1.29, 1.82) is 0 Å². The number of nitrogens with zero attached hydrogens (tertiary/aromatic N) is 3. The van der Waals surface area contributed by atoms with Gasteiger partial charge in [-0.25, -0.2) is 9.97 Å². The number of aldehydes is 1. The summed E-state index contributed by atoms with van der Waals surface area (Å²) in [6, 6.07) is 1.89. The van der Waals surface area contributed by atoms with Crippen molar-refractivity contribution in [1.82, 2.24) is 9.97 Å². The van der Waals surface area contributed by atoms with Crippen molar-refractivity contribution in [3.8, 4) is 11.3 Å². The van der Waals surface area contributed by atoms with Crippen molar-refractivity contribution in [3.63, 3.8) is 0 Å². The van der Waals surface area contributed by atoms with Crippen LogP contribution in [0.1, 0.15) is 34.1 Å². The molecule has 1 aliphatic heterocycles. The molecule has 0 aromatic carbocycles. The number of morpholine rings is 1. The topological polar surface area (TPSA) is 55.3 Å². The molecule has 23 heavy (non-hydrogen) atoms. The number of hydrogen-bond donors (Lipinski definition) is 0. The van der Waals surface area contributed by atoms with Gasteiger partial charge in [0, 0.05) is 29.7 Å². The number of rotatable bonds is 3. The number of anilines is 1. The average molecular weight is 331 g/mol. The van der Waals surface area contributed by atoms with E-state index < -0.39 is 0 Å². The van der Waals surface area contributed by atoms with Crippen LogP contribution in [0.4, 0.5) is 5.82 Å². The third-order valence-electron chi connectivity index (χ3n) is 3.92. The van der Waals surface area contributed by atoms with Crippen LogP contribution in [0.2, 0.25) is 0 Å². The molecule has 0 N–H and O–H groups in total. The van der Waals surface area contributed by atoms with E-state index in [1.807, 2.05) is 40.0 Å². The Hall–Kier alpha value is -1.79. The molecule has 2 unspecified atom stereocenters. The number of aromatic nitrogens is 2. The summed E-state index contributed by atoms with van der Waals surface area (Å²) in [5.74, 6) is 0.732. The van der Waals surface area contributed by atoms with E-state index >= 15 is 0 Å². The van der Waals surface area contributed by atoms with Crippen molar-refractivity contribution in [2.45, 2.75) is 39.9 Å². The van der Waals surface area contributed by atoms with Crippen molar-refractivity contribution >= 4 is 23.4 Å². The second kappa shape index (κ2) is 6.37. The van der Waals surface area contributed by atoms with Gasteiger partial charge in [0.2, 0.25) is 0 Å². The van der Waals surface area contributed by atoms with Crippen LogP contribution in [-0.2, 0) is 4.74 Å². The maximum absolute atomic E-state index is 11.6. The van der Waals surface area contributed by atoms with E-state index in [0.717, 1.165) is 46.3 Å². The zero-order valence-corrected chi connectivity index (χ0v) is 14.7. The van der Waals surface area contributed by atoms with Gasteiger partial charge in [0.1, 0.15) is 5.82 Å². The number of aryl methyl sites for hydroxylation is 2. The molecular formula is C17H21N3O2S. The molecular weight excluding hydrogens is 310 g/mol. The van der Waals surface area contributed by atoms with Crippen molar-refractivity contribution in [2.24, 2.45) is 0 Å². The van der Waals surface area contributed by atoms with Gasteiger partial charge in [-0.15, -0.1) is 11.3 Å². The second-order valence-electron chi connectivity index (χ2n) is 6.05. The molecule has 0 spiro atoms. The fourth-order valence-corrected chi connectivity index (χ4v) is 3.94. The Morgan fingerprint density at radius 2 is 2.00 bits per heavy atom. The minimum atomic E-state index is 0.128. The lowest BCUT2D eigenvalue weighted by Crippen LogP contribution is -2.46. The molecule has 3 heterocycles. The molecule has 0 amide bonds. The monoisotopic (exact) mass is 331 g/mol. The number of pyridine rings is 1. The predicted molar refractivity (Wildman–Crippen MR) is 92.4 cm³/mol.